The highest BCUT2D eigenvalue weighted by Crippen LogP contribution is 2.38. The molecule has 0 saturated carbocycles. The van der Waals surface area contributed by atoms with Gasteiger partial charge in [0.1, 0.15) is 11.2 Å². The Morgan fingerprint density at radius 3 is 2.54 bits per heavy atom. The van der Waals surface area contributed by atoms with Crippen molar-refractivity contribution in [1.82, 2.24) is 15.0 Å². The summed E-state index contributed by atoms with van der Waals surface area (Å²) in [4.78, 5) is 10.5. The highest BCUT2D eigenvalue weighted by Gasteiger charge is 2.32. The fourth-order valence-corrected chi connectivity index (χ4v) is 4.20. The van der Waals surface area contributed by atoms with Crippen molar-refractivity contribution in [2.24, 2.45) is 0 Å². The molecule has 0 aliphatic rings. The smallest absolute Gasteiger partial charge is 0.351 e. The average molecular weight is 469 g/mol. The van der Waals surface area contributed by atoms with Crippen molar-refractivity contribution in [3.05, 3.63) is 39.6 Å². The van der Waals surface area contributed by atoms with Crippen LogP contribution in [0.2, 0.25) is 5.02 Å². The molecule has 0 aliphatic carbocycles. The van der Waals surface area contributed by atoms with Crippen molar-refractivity contribution < 1.29 is 21.6 Å². The van der Waals surface area contributed by atoms with E-state index >= 15 is 0 Å². The standard InChI is InChI=1S/C15H10BrClF3N3O2S/c1-2-26(24,25)10-4-8(16)6-22-13(10)14-11(17)12-9(23-14)3-7(5-21-12)15(18,19)20/h3-6,23H,2H2,1H3. The zero-order valence-electron chi connectivity index (χ0n) is 13.0. The van der Waals surface area contributed by atoms with Crippen LogP contribution in [-0.2, 0) is 16.0 Å². The molecule has 0 atom stereocenters. The zero-order chi connectivity index (χ0) is 19.3. The monoisotopic (exact) mass is 467 g/mol. The van der Waals surface area contributed by atoms with Gasteiger partial charge in [-0.3, -0.25) is 9.97 Å². The predicted octanol–water partition coefficient (Wildman–Crippen LogP) is 4.85. The second-order valence-corrected chi connectivity index (χ2v) is 8.88. The van der Waals surface area contributed by atoms with Crippen LogP contribution in [-0.4, -0.2) is 29.1 Å². The van der Waals surface area contributed by atoms with E-state index in [1.807, 2.05) is 0 Å². The van der Waals surface area contributed by atoms with Gasteiger partial charge in [-0.1, -0.05) is 18.5 Å². The summed E-state index contributed by atoms with van der Waals surface area (Å²) in [5.74, 6) is -0.174. The number of H-pyrrole nitrogens is 1. The maximum atomic E-state index is 12.9. The third-order valence-electron chi connectivity index (χ3n) is 3.67. The first kappa shape index (κ1) is 19.1. The summed E-state index contributed by atoms with van der Waals surface area (Å²) < 4.78 is 63.8. The van der Waals surface area contributed by atoms with Gasteiger partial charge >= 0.3 is 6.18 Å². The summed E-state index contributed by atoms with van der Waals surface area (Å²) in [5.41, 5.74) is -0.706. The molecule has 0 radical (unpaired) electrons. The Kier molecular flexibility index (Phi) is 4.78. The molecule has 0 bridgehead atoms. The molecule has 3 aromatic heterocycles. The molecule has 0 fully saturated rings. The molecular formula is C15H10BrClF3N3O2S. The molecule has 1 N–H and O–H groups in total. The molecule has 0 aliphatic heterocycles. The Bertz CT molecular complexity index is 1110. The molecule has 0 saturated heterocycles. The number of aromatic nitrogens is 3. The lowest BCUT2D eigenvalue weighted by molar-refractivity contribution is -0.137. The largest absolute Gasteiger partial charge is 0.417 e. The Morgan fingerprint density at radius 1 is 1.23 bits per heavy atom. The van der Waals surface area contributed by atoms with Crippen molar-refractivity contribution in [1.29, 1.82) is 0 Å². The molecular weight excluding hydrogens is 459 g/mol. The lowest BCUT2D eigenvalue weighted by Crippen LogP contribution is -2.07. The number of fused-ring (bicyclic) bond motifs is 1. The van der Waals surface area contributed by atoms with Gasteiger partial charge < -0.3 is 4.98 Å². The van der Waals surface area contributed by atoms with Gasteiger partial charge in [0.15, 0.2) is 9.84 Å². The van der Waals surface area contributed by atoms with Crippen LogP contribution in [0.1, 0.15) is 12.5 Å². The van der Waals surface area contributed by atoms with Gasteiger partial charge in [-0.05, 0) is 28.1 Å². The first-order chi connectivity index (χ1) is 12.0. The van der Waals surface area contributed by atoms with Crippen molar-refractivity contribution in [3.63, 3.8) is 0 Å². The molecule has 3 heterocycles. The van der Waals surface area contributed by atoms with Crippen LogP contribution in [0.4, 0.5) is 13.2 Å². The minimum absolute atomic E-state index is 0.00361. The number of hydrogen-bond acceptors (Lipinski definition) is 4. The van der Waals surface area contributed by atoms with Gasteiger partial charge in [0.25, 0.3) is 0 Å². The maximum Gasteiger partial charge on any atom is 0.417 e. The van der Waals surface area contributed by atoms with Crippen molar-refractivity contribution in [2.45, 2.75) is 18.0 Å². The van der Waals surface area contributed by atoms with Gasteiger partial charge in [-0.2, -0.15) is 13.2 Å². The summed E-state index contributed by atoms with van der Waals surface area (Å²) in [7, 11) is -3.66. The van der Waals surface area contributed by atoms with Crippen LogP contribution >= 0.6 is 27.5 Å². The summed E-state index contributed by atoms with van der Waals surface area (Å²) in [6, 6.07) is 2.24. The van der Waals surface area contributed by atoms with Crippen molar-refractivity contribution in [2.75, 3.05) is 5.75 Å². The molecule has 0 unspecified atom stereocenters. The van der Waals surface area contributed by atoms with E-state index in [4.69, 9.17) is 11.6 Å². The molecule has 5 nitrogen and oxygen atoms in total. The third kappa shape index (κ3) is 3.33. The molecule has 0 amide bonds. The minimum atomic E-state index is -4.56. The van der Waals surface area contributed by atoms with Gasteiger partial charge in [-0.25, -0.2) is 8.42 Å². The Hall–Kier alpha value is -1.65. The normalized spacial score (nSPS) is 12.7. The third-order valence-corrected chi connectivity index (χ3v) is 6.22. The maximum absolute atomic E-state index is 12.9. The van der Waals surface area contributed by atoms with E-state index in [1.54, 1.807) is 0 Å². The van der Waals surface area contributed by atoms with Crippen molar-refractivity contribution in [3.8, 4) is 11.4 Å². The van der Waals surface area contributed by atoms with Crippen LogP contribution in [0.3, 0.4) is 0 Å². The SMILES string of the molecule is CCS(=O)(=O)c1cc(Br)cnc1-c1[nH]c2cc(C(F)(F)F)cnc2c1Cl. The number of hydrogen-bond donors (Lipinski definition) is 1. The first-order valence-electron chi connectivity index (χ1n) is 7.17. The number of sulfone groups is 1. The van der Waals surface area contributed by atoms with E-state index in [0.29, 0.717) is 10.7 Å². The molecule has 3 rings (SSSR count). The Morgan fingerprint density at radius 2 is 1.92 bits per heavy atom. The fourth-order valence-electron chi connectivity index (χ4n) is 2.36. The first-order valence-corrected chi connectivity index (χ1v) is 10.00. The zero-order valence-corrected chi connectivity index (χ0v) is 16.2. The van der Waals surface area contributed by atoms with Crippen LogP contribution in [0.25, 0.3) is 22.4 Å². The highest BCUT2D eigenvalue weighted by atomic mass is 79.9. The average Bonchev–Trinajstić information content (AvgIpc) is 2.90. The number of alkyl halides is 3. The number of rotatable bonds is 3. The molecule has 3 aromatic rings. The van der Waals surface area contributed by atoms with Crippen LogP contribution in [0.15, 0.2) is 33.9 Å². The fraction of sp³-hybridized carbons (Fsp3) is 0.200. The van der Waals surface area contributed by atoms with Crippen LogP contribution in [0, 0.1) is 0 Å². The Labute approximate surface area is 159 Å². The Balaban J connectivity index is 2.29. The number of aromatic amines is 1. The molecule has 0 aromatic carbocycles. The van der Waals surface area contributed by atoms with Crippen molar-refractivity contribution >= 4 is 48.4 Å². The van der Waals surface area contributed by atoms with Crippen LogP contribution in [0.5, 0.6) is 0 Å². The lowest BCUT2D eigenvalue weighted by atomic mass is 10.2. The number of pyridine rings is 2. The van der Waals surface area contributed by atoms with Gasteiger partial charge in [0, 0.05) is 16.9 Å². The number of nitrogens with zero attached hydrogens (tertiary/aromatic N) is 2. The number of nitrogens with one attached hydrogen (secondary N) is 1. The van der Waals surface area contributed by atoms with E-state index in [-0.39, 0.29) is 38.1 Å². The van der Waals surface area contributed by atoms with E-state index in [2.05, 4.69) is 30.9 Å². The molecule has 11 heteroatoms. The van der Waals surface area contributed by atoms with E-state index in [1.165, 1.54) is 19.2 Å². The topological polar surface area (TPSA) is 75.7 Å². The van der Waals surface area contributed by atoms with Crippen LogP contribution < -0.4 is 0 Å². The second kappa shape index (κ2) is 6.50. The summed E-state index contributed by atoms with van der Waals surface area (Å²) in [6.45, 7) is 1.48. The predicted molar refractivity (Wildman–Crippen MR) is 94.8 cm³/mol. The van der Waals surface area contributed by atoms with Gasteiger partial charge in [-0.15, -0.1) is 0 Å². The van der Waals surface area contributed by atoms with Gasteiger partial charge in [0.2, 0.25) is 0 Å². The highest BCUT2D eigenvalue weighted by molar-refractivity contribution is 9.10. The molecule has 138 valence electrons. The van der Waals surface area contributed by atoms with Gasteiger partial charge in [0.05, 0.1) is 32.4 Å². The number of halogens is 5. The molecule has 0 spiro atoms. The molecule has 26 heavy (non-hydrogen) atoms. The summed E-state index contributed by atoms with van der Waals surface area (Å²) >= 11 is 9.41. The summed E-state index contributed by atoms with van der Waals surface area (Å²) in [6.07, 6.45) is -2.52. The quantitative estimate of drug-likeness (QED) is 0.596. The van der Waals surface area contributed by atoms with E-state index in [0.717, 1.165) is 6.07 Å². The summed E-state index contributed by atoms with van der Waals surface area (Å²) in [5, 5.41) is -0.00361. The minimum Gasteiger partial charge on any atom is -0.351 e. The van der Waals surface area contributed by atoms with E-state index in [9.17, 15) is 21.6 Å². The lowest BCUT2D eigenvalue weighted by Gasteiger charge is -2.08. The second-order valence-electron chi connectivity index (χ2n) is 5.34. The van der Waals surface area contributed by atoms with E-state index < -0.39 is 21.6 Å².